The van der Waals surface area contributed by atoms with Crippen LogP contribution in [0.3, 0.4) is 0 Å². The van der Waals surface area contributed by atoms with Crippen molar-refractivity contribution in [2.24, 2.45) is 0 Å². The first kappa shape index (κ1) is 19.1. The zero-order chi connectivity index (χ0) is 20.2. The van der Waals surface area contributed by atoms with E-state index in [2.05, 4.69) is 54.0 Å². The summed E-state index contributed by atoms with van der Waals surface area (Å²) in [7, 11) is 1.68. The molecule has 29 heavy (non-hydrogen) atoms. The standard InChI is InChI=1S/C25H26N2O2/c1-3-17-12-14-18(15-13-17)21-16-22(19-8-4-6-10-23(19)28)27-25(26-21)20-9-5-7-11-24(20)29-2/h4-16,22,25-28H,3H2,1-2H3. The smallest absolute Gasteiger partial charge is 0.125 e. The van der Waals surface area contributed by atoms with Crippen LogP contribution in [-0.2, 0) is 6.42 Å². The van der Waals surface area contributed by atoms with Gasteiger partial charge in [-0.25, -0.2) is 0 Å². The topological polar surface area (TPSA) is 53.5 Å². The average Bonchev–Trinajstić information content (AvgIpc) is 2.79. The molecule has 1 aliphatic rings. The molecular weight excluding hydrogens is 360 g/mol. The van der Waals surface area contributed by atoms with Crippen LogP contribution in [0, 0.1) is 0 Å². The van der Waals surface area contributed by atoms with Crippen LogP contribution in [0.1, 0.15) is 41.4 Å². The number of ether oxygens (including phenoxy) is 1. The molecule has 0 amide bonds. The highest BCUT2D eigenvalue weighted by atomic mass is 16.5. The second-order valence-electron chi connectivity index (χ2n) is 7.15. The summed E-state index contributed by atoms with van der Waals surface area (Å²) in [5.41, 5.74) is 5.31. The summed E-state index contributed by atoms with van der Waals surface area (Å²) >= 11 is 0. The molecule has 2 atom stereocenters. The number of benzene rings is 3. The number of para-hydroxylation sites is 2. The number of nitrogens with one attached hydrogen (secondary N) is 2. The van der Waals surface area contributed by atoms with Crippen molar-refractivity contribution in [2.75, 3.05) is 7.11 Å². The van der Waals surface area contributed by atoms with Gasteiger partial charge in [-0.05, 0) is 35.8 Å². The second kappa shape index (κ2) is 8.41. The van der Waals surface area contributed by atoms with Crippen molar-refractivity contribution >= 4 is 5.70 Å². The predicted molar refractivity (Wildman–Crippen MR) is 117 cm³/mol. The Balaban J connectivity index is 1.76. The van der Waals surface area contributed by atoms with E-state index in [1.807, 2.05) is 36.4 Å². The molecule has 1 heterocycles. The number of hydrogen-bond donors (Lipinski definition) is 3. The molecule has 4 heteroatoms. The van der Waals surface area contributed by atoms with Gasteiger partial charge in [-0.3, -0.25) is 5.32 Å². The molecule has 0 saturated heterocycles. The largest absolute Gasteiger partial charge is 0.508 e. The fourth-order valence-electron chi connectivity index (χ4n) is 3.74. The zero-order valence-electron chi connectivity index (χ0n) is 16.7. The first-order valence-corrected chi connectivity index (χ1v) is 9.94. The second-order valence-corrected chi connectivity index (χ2v) is 7.15. The molecule has 0 fully saturated rings. The van der Waals surface area contributed by atoms with E-state index in [-0.39, 0.29) is 18.0 Å². The molecule has 0 spiro atoms. The lowest BCUT2D eigenvalue weighted by Gasteiger charge is -2.34. The first-order chi connectivity index (χ1) is 14.2. The number of methoxy groups -OCH3 is 1. The summed E-state index contributed by atoms with van der Waals surface area (Å²) in [4.78, 5) is 0. The molecule has 0 aromatic heterocycles. The molecular formula is C25H26N2O2. The highest BCUT2D eigenvalue weighted by Crippen LogP contribution is 2.35. The Morgan fingerprint density at radius 1 is 0.897 bits per heavy atom. The van der Waals surface area contributed by atoms with Gasteiger partial charge in [0.15, 0.2) is 0 Å². The Morgan fingerprint density at radius 3 is 2.28 bits per heavy atom. The van der Waals surface area contributed by atoms with Crippen molar-refractivity contribution in [3.8, 4) is 11.5 Å². The van der Waals surface area contributed by atoms with Gasteiger partial charge in [-0.1, -0.05) is 67.6 Å². The fraction of sp³-hybridized carbons (Fsp3) is 0.200. The first-order valence-electron chi connectivity index (χ1n) is 9.94. The lowest BCUT2D eigenvalue weighted by molar-refractivity contribution is 0.379. The van der Waals surface area contributed by atoms with Gasteiger partial charge in [-0.15, -0.1) is 0 Å². The SMILES string of the molecule is CCc1ccc(C2=CC(c3ccccc3O)NC(c3ccccc3OC)N2)cc1. The molecule has 2 unspecified atom stereocenters. The minimum absolute atomic E-state index is 0.145. The molecule has 3 aromatic rings. The summed E-state index contributed by atoms with van der Waals surface area (Å²) in [6.45, 7) is 2.16. The maximum Gasteiger partial charge on any atom is 0.125 e. The Hall–Kier alpha value is -3.24. The molecule has 4 rings (SSSR count). The predicted octanol–water partition coefficient (Wildman–Crippen LogP) is 4.94. The summed E-state index contributed by atoms with van der Waals surface area (Å²) in [6, 6.07) is 23.9. The van der Waals surface area contributed by atoms with Crippen LogP contribution in [0.4, 0.5) is 0 Å². The third kappa shape index (κ3) is 3.98. The third-order valence-electron chi connectivity index (χ3n) is 5.37. The van der Waals surface area contributed by atoms with Gasteiger partial charge in [0.05, 0.1) is 13.2 Å². The van der Waals surface area contributed by atoms with Crippen LogP contribution < -0.4 is 15.4 Å². The van der Waals surface area contributed by atoms with Gasteiger partial charge in [0, 0.05) is 16.8 Å². The quantitative estimate of drug-likeness (QED) is 0.582. The number of phenols is 1. The molecule has 148 valence electrons. The molecule has 1 aliphatic heterocycles. The molecule has 0 bridgehead atoms. The summed E-state index contributed by atoms with van der Waals surface area (Å²) in [6.07, 6.45) is 2.97. The highest BCUT2D eigenvalue weighted by Gasteiger charge is 2.27. The van der Waals surface area contributed by atoms with E-state index in [9.17, 15) is 5.11 Å². The normalized spacial score (nSPS) is 18.6. The average molecular weight is 386 g/mol. The van der Waals surface area contributed by atoms with Crippen molar-refractivity contribution in [3.05, 3.63) is 101 Å². The minimum Gasteiger partial charge on any atom is -0.508 e. The maximum atomic E-state index is 10.4. The van der Waals surface area contributed by atoms with Crippen LogP contribution in [0.2, 0.25) is 0 Å². The van der Waals surface area contributed by atoms with Crippen molar-refractivity contribution < 1.29 is 9.84 Å². The van der Waals surface area contributed by atoms with Crippen molar-refractivity contribution in [1.82, 2.24) is 10.6 Å². The number of phenolic OH excluding ortho intramolecular Hbond substituents is 1. The van der Waals surface area contributed by atoms with E-state index >= 15 is 0 Å². The van der Waals surface area contributed by atoms with Crippen LogP contribution in [-0.4, -0.2) is 12.2 Å². The Morgan fingerprint density at radius 2 is 1.59 bits per heavy atom. The van der Waals surface area contributed by atoms with E-state index < -0.39 is 0 Å². The van der Waals surface area contributed by atoms with E-state index in [4.69, 9.17) is 4.74 Å². The van der Waals surface area contributed by atoms with Crippen molar-refractivity contribution in [2.45, 2.75) is 25.6 Å². The van der Waals surface area contributed by atoms with Crippen LogP contribution in [0.5, 0.6) is 11.5 Å². The Labute approximate surface area is 171 Å². The summed E-state index contributed by atoms with van der Waals surface area (Å²) < 4.78 is 5.59. The molecule has 0 aliphatic carbocycles. The number of hydrogen-bond acceptors (Lipinski definition) is 4. The number of rotatable bonds is 5. The van der Waals surface area contributed by atoms with Gasteiger partial charge in [-0.2, -0.15) is 0 Å². The highest BCUT2D eigenvalue weighted by molar-refractivity contribution is 5.67. The molecule has 3 N–H and O–H groups in total. The van der Waals surface area contributed by atoms with E-state index in [0.29, 0.717) is 0 Å². The van der Waals surface area contributed by atoms with Crippen molar-refractivity contribution in [3.63, 3.8) is 0 Å². The lowest BCUT2D eigenvalue weighted by atomic mass is 9.97. The molecule has 0 saturated carbocycles. The molecule has 0 radical (unpaired) electrons. The Kier molecular flexibility index (Phi) is 5.54. The van der Waals surface area contributed by atoms with Gasteiger partial charge >= 0.3 is 0 Å². The van der Waals surface area contributed by atoms with E-state index in [1.54, 1.807) is 13.2 Å². The number of aromatic hydroxyl groups is 1. The fourth-order valence-corrected chi connectivity index (χ4v) is 3.74. The zero-order valence-corrected chi connectivity index (χ0v) is 16.7. The van der Waals surface area contributed by atoms with Crippen LogP contribution in [0.15, 0.2) is 78.9 Å². The summed E-state index contributed by atoms with van der Waals surface area (Å²) in [5.74, 6) is 1.10. The van der Waals surface area contributed by atoms with Crippen LogP contribution in [0.25, 0.3) is 5.70 Å². The third-order valence-corrected chi connectivity index (χ3v) is 5.37. The van der Waals surface area contributed by atoms with Gasteiger partial charge in [0.25, 0.3) is 0 Å². The Bertz CT molecular complexity index is 1010. The molecule has 3 aromatic carbocycles. The maximum absolute atomic E-state index is 10.4. The monoisotopic (exact) mass is 386 g/mol. The van der Waals surface area contributed by atoms with E-state index in [1.165, 1.54) is 5.56 Å². The van der Waals surface area contributed by atoms with Gasteiger partial charge in [0.2, 0.25) is 0 Å². The lowest BCUT2D eigenvalue weighted by Crippen LogP contribution is -2.39. The van der Waals surface area contributed by atoms with E-state index in [0.717, 1.165) is 34.6 Å². The van der Waals surface area contributed by atoms with Gasteiger partial charge < -0.3 is 15.2 Å². The van der Waals surface area contributed by atoms with Crippen molar-refractivity contribution in [1.29, 1.82) is 0 Å². The molecule has 4 nitrogen and oxygen atoms in total. The van der Waals surface area contributed by atoms with Crippen LogP contribution >= 0.6 is 0 Å². The minimum atomic E-state index is -0.165. The number of aryl methyl sites for hydroxylation is 1. The van der Waals surface area contributed by atoms with Gasteiger partial charge in [0.1, 0.15) is 17.7 Å². The summed E-state index contributed by atoms with van der Waals surface area (Å²) in [5, 5.41) is 17.6.